The molecule has 32 heavy (non-hydrogen) atoms. The van der Waals surface area contributed by atoms with E-state index in [0.29, 0.717) is 35.8 Å². The number of benzene rings is 2. The second-order valence-corrected chi connectivity index (χ2v) is 8.49. The van der Waals surface area contributed by atoms with Crippen molar-refractivity contribution in [3.63, 3.8) is 0 Å². The fourth-order valence-electron chi connectivity index (χ4n) is 3.64. The van der Waals surface area contributed by atoms with Crippen LogP contribution >= 0.6 is 0 Å². The Morgan fingerprint density at radius 1 is 1.12 bits per heavy atom. The van der Waals surface area contributed by atoms with E-state index in [1.54, 1.807) is 24.3 Å². The highest BCUT2D eigenvalue weighted by atomic mass is 16.5. The van der Waals surface area contributed by atoms with Crippen molar-refractivity contribution in [1.82, 2.24) is 9.78 Å². The van der Waals surface area contributed by atoms with Gasteiger partial charge in [-0.05, 0) is 86.7 Å². The van der Waals surface area contributed by atoms with E-state index < -0.39 is 0 Å². The minimum atomic E-state index is -0.0238. The molecule has 0 bridgehead atoms. The van der Waals surface area contributed by atoms with Crippen LogP contribution < -0.4 is 10.1 Å². The van der Waals surface area contributed by atoms with Crippen molar-refractivity contribution >= 4 is 11.6 Å². The first kappa shape index (κ1) is 23.1. The minimum absolute atomic E-state index is 0.0238. The van der Waals surface area contributed by atoms with Gasteiger partial charge in [-0.3, -0.25) is 9.48 Å². The summed E-state index contributed by atoms with van der Waals surface area (Å²) in [5, 5.41) is 16.5. The van der Waals surface area contributed by atoms with Crippen LogP contribution in [0.1, 0.15) is 48.3 Å². The van der Waals surface area contributed by atoms with E-state index >= 15 is 0 Å². The van der Waals surface area contributed by atoms with Crippen molar-refractivity contribution in [1.29, 1.82) is 5.26 Å². The number of nitriles is 1. The number of rotatable bonds is 8. The molecule has 6 nitrogen and oxygen atoms in total. The molecule has 2 aromatic carbocycles. The van der Waals surface area contributed by atoms with Gasteiger partial charge in [-0.25, -0.2) is 0 Å². The van der Waals surface area contributed by atoms with E-state index in [1.165, 1.54) is 0 Å². The molecule has 0 saturated carbocycles. The molecule has 1 heterocycles. The molecule has 0 atom stereocenters. The number of carbonyl (C=O) groups excluding carboxylic acids is 1. The normalized spacial score (nSPS) is 10.8. The van der Waals surface area contributed by atoms with Gasteiger partial charge in [-0.2, -0.15) is 10.4 Å². The third-order valence-corrected chi connectivity index (χ3v) is 5.36. The first-order chi connectivity index (χ1) is 15.3. The summed E-state index contributed by atoms with van der Waals surface area (Å²) in [7, 11) is 0. The molecule has 0 unspecified atom stereocenters. The van der Waals surface area contributed by atoms with Crippen molar-refractivity contribution in [3.05, 3.63) is 70.5 Å². The van der Waals surface area contributed by atoms with Gasteiger partial charge in [0.25, 0.3) is 0 Å². The SMILES string of the molecule is Cc1cc(Oc2ccc(C#N)cc2)ccc1NC(=O)CCc1c(C)nn(CC(C)C)c1C. The van der Waals surface area contributed by atoms with Crippen molar-refractivity contribution < 1.29 is 9.53 Å². The predicted octanol–water partition coefficient (Wildman–Crippen LogP) is 5.70. The summed E-state index contributed by atoms with van der Waals surface area (Å²) in [6.45, 7) is 11.2. The Balaban J connectivity index is 1.59. The monoisotopic (exact) mass is 430 g/mol. The fourth-order valence-corrected chi connectivity index (χ4v) is 3.64. The number of nitrogens with one attached hydrogen (secondary N) is 1. The third kappa shape index (κ3) is 5.76. The molecule has 1 N–H and O–H groups in total. The lowest BCUT2D eigenvalue weighted by Gasteiger charge is -2.12. The Kier molecular flexibility index (Phi) is 7.32. The molecule has 1 amide bonds. The average Bonchev–Trinajstić information content (AvgIpc) is 3.01. The van der Waals surface area contributed by atoms with Crippen LogP contribution in [0.3, 0.4) is 0 Å². The highest BCUT2D eigenvalue weighted by Gasteiger charge is 2.14. The summed E-state index contributed by atoms with van der Waals surface area (Å²) >= 11 is 0. The number of anilines is 1. The standard InChI is InChI=1S/C26H30N4O2/c1-17(2)16-30-20(5)24(19(4)29-30)11-13-26(31)28-25-12-10-23(14-18(25)3)32-22-8-6-21(15-27)7-9-22/h6-10,12,14,17H,11,13,16H2,1-5H3,(H,28,31). The van der Waals surface area contributed by atoms with Crippen LogP contribution in [-0.2, 0) is 17.8 Å². The number of ether oxygens (including phenoxy) is 1. The van der Waals surface area contributed by atoms with Crippen LogP contribution in [0, 0.1) is 38.0 Å². The lowest BCUT2D eigenvalue weighted by molar-refractivity contribution is -0.116. The minimum Gasteiger partial charge on any atom is -0.457 e. The molecule has 0 aliphatic rings. The number of aryl methyl sites for hydroxylation is 2. The molecule has 0 aliphatic heterocycles. The number of hydrogen-bond acceptors (Lipinski definition) is 4. The molecule has 0 saturated heterocycles. The fraction of sp³-hybridized carbons (Fsp3) is 0.346. The van der Waals surface area contributed by atoms with Gasteiger partial charge in [0.05, 0.1) is 17.3 Å². The lowest BCUT2D eigenvalue weighted by Crippen LogP contribution is -2.13. The number of aromatic nitrogens is 2. The van der Waals surface area contributed by atoms with Crippen LogP contribution in [0.4, 0.5) is 5.69 Å². The number of carbonyl (C=O) groups is 1. The molecule has 0 aliphatic carbocycles. The van der Waals surface area contributed by atoms with E-state index in [9.17, 15) is 4.79 Å². The van der Waals surface area contributed by atoms with Crippen molar-refractivity contribution in [2.24, 2.45) is 5.92 Å². The Bertz CT molecular complexity index is 1140. The first-order valence-corrected chi connectivity index (χ1v) is 10.9. The summed E-state index contributed by atoms with van der Waals surface area (Å²) < 4.78 is 7.89. The number of hydrogen-bond donors (Lipinski definition) is 1. The van der Waals surface area contributed by atoms with Gasteiger partial charge in [0, 0.05) is 24.3 Å². The summed E-state index contributed by atoms with van der Waals surface area (Å²) in [5.41, 5.74) is 5.57. The zero-order valence-electron chi connectivity index (χ0n) is 19.4. The summed E-state index contributed by atoms with van der Waals surface area (Å²) in [6.07, 6.45) is 1.07. The van der Waals surface area contributed by atoms with E-state index in [1.807, 2.05) is 36.7 Å². The third-order valence-electron chi connectivity index (χ3n) is 5.36. The maximum Gasteiger partial charge on any atom is 0.224 e. The van der Waals surface area contributed by atoms with Crippen LogP contribution in [0.5, 0.6) is 11.5 Å². The Morgan fingerprint density at radius 2 is 1.81 bits per heavy atom. The maximum absolute atomic E-state index is 12.6. The summed E-state index contributed by atoms with van der Waals surface area (Å²) in [6, 6.07) is 14.6. The van der Waals surface area contributed by atoms with Gasteiger partial charge in [-0.15, -0.1) is 0 Å². The van der Waals surface area contributed by atoms with Gasteiger partial charge in [0.2, 0.25) is 5.91 Å². The van der Waals surface area contributed by atoms with E-state index in [4.69, 9.17) is 10.00 Å². The molecule has 0 spiro atoms. The van der Waals surface area contributed by atoms with Gasteiger partial charge in [-0.1, -0.05) is 13.8 Å². The lowest BCUT2D eigenvalue weighted by atomic mass is 10.1. The molecule has 6 heteroatoms. The average molecular weight is 431 g/mol. The van der Waals surface area contributed by atoms with Crippen molar-refractivity contribution in [3.8, 4) is 17.6 Å². The smallest absolute Gasteiger partial charge is 0.224 e. The number of nitrogens with zero attached hydrogens (tertiary/aromatic N) is 3. The highest BCUT2D eigenvalue weighted by molar-refractivity contribution is 5.91. The topological polar surface area (TPSA) is 79.9 Å². The van der Waals surface area contributed by atoms with E-state index in [-0.39, 0.29) is 5.91 Å². The van der Waals surface area contributed by atoms with Crippen molar-refractivity contribution in [2.45, 2.75) is 54.0 Å². The van der Waals surface area contributed by atoms with E-state index in [0.717, 1.165) is 34.7 Å². The van der Waals surface area contributed by atoms with E-state index in [2.05, 4.69) is 37.3 Å². The Labute approximate surface area is 189 Å². The zero-order valence-corrected chi connectivity index (χ0v) is 19.4. The molecule has 0 radical (unpaired) electrons. The summed E-state index contributed by atoms with van der Waals surface area (Å²) in [4.78, 5) is 12.6. The second-order valence-electron chi connectivity index (χ2n) is 8.49. The first-order valence-electron chi connectivity index (χ1n) is 10.9. The maximum atomic E-state index is 12.6. The summed E-state index contributed by atoms with van der Waals surface area (Å²) in [5.74, 6) is 1.83. The predicted molar refractivity (Wildman–Crippen MR) is 126 cm³/mol. The second kappa shape index (κ2) is 10.1. The van der Waals surface area contributed by atoms with Crippen LogP contribution in [0.25, 0.3) is 0 Å². The van der Waals surface area contributed by atoms with Gasteiger partial charge in [0.15, 0.2) is 0 Å². The number of amides is 1. The van der Waals surface area contributed by atoms with Gasteiger partial charge >= 0.3 is 0 Å². The molecular formula is C26H30N4O2. The van der Waals surface area contributed by atoms with Crippen LogP contribution in [0.2, 0.25) is 0 Å². The molecular weight excluding hydrogens is 400 g/mol. The van der Waals surface area contributed by atoms with Gasteiger partial charge < -0.3 is 10.1 Å². The van der Waals surface area contributed by atoms with Crippen LogP contribution in [-0.4, -0.2) is 15.7 Å². The largest absolute Gasteiger partial charge is 0.457 e. The van der Waals surface area contributed by atoms with Gasteiger partial charge in [0.1, 0.15) is 11.5 Å². The molecule has 0 fully saturated rings. The molecule has 1 aromatic heterocycles. The Hall–Kier alpha value is -3.59. The van der Waals surface area contributed by atoms with Crippen molar-refractivity contribution in [2.75, 3.05) is 5.32 Å². The molecule has 3 rings (SSSR count). The zero-order chi connectivity index (χ0) is 23.3. The highest BCUT2D eigenvalue weighted by Crippen LogP contribution is 2.26. The van der Waals surface area contributed by atoms with Crippen LogP contribution in [0.15, 0.2) is 42.5 Å². The Morgan fingerprint density at radius 3 is 2.44 bits per heavy atom. The molecule has 3 aromatic rings. The quantitative estimate of drug-likeness (QED) is 0.497. The molecule has 166 valence electrons.